The number of rotatable bonds is 5. The molecule has 0 fully saturated rings. The SMILES string of the molecule is CCC(C)(C)CNc1[nH]c2ccccc2c1C=O. The van der Waals surface area contributed by atoms with E-state index in [-0.39, 0.29) is 5.41 Å². The highest BCUT2D eigenvalue weighted by Gasteiger charge is 2.17. The summed E-state index contributed by atoms with van der Waals surface area (Å²) in [5.41, 5.74) is 1.94. The molecule has 1 heterocycles. The van der Waals surface area contributed by atoms with Crippen LogP contribution in [0, 0.1) is 5.41 Å². The molecule has 0 bridgehead atoms. The number of hydrogen-bond donors (Lipinski definition) is 2. The van der Waals surface area contributed by atoms with Crippen molar-refractivity contribution in [3.63, 3.8) is 0 Å². The van der Waals surface area contributed by atoms with Crippen molar-refractivity contribution in [1.29, 1.82) is 0 Å². The zero-order chi connectivity index (χ0) is 13.2. The maximum absolute atomic E-state index is 11.2. The Morgan fingerprint density at radius 2 is 2.06 bits per heavy atom. The molecule has 3 heteroatoms. The van der Waals surface area contributed by atoms with Crippen molar-refractivity contribution in [1.82, 2.24) is 4.98 Å². The molecule has 2 aromatic rings. The van der Waals surface area contributed by atoms with Gasteiger partial charge in [-0.3, -0.25) is 4.79 Å². The third kappa shape index (κ3) is 2.40. The Morgan fingerprint density at radius 3 is 2.72 bits per heavy atom. The van der Waals surface area contributed by atoms with Gasteiger partial charge in [0.1, 0.15) is 5.82 Å². The summed E-state index contributed by atoms with van der Waals surface area (Å²) in [6.07, 6.45) is 2.01. The van der Waals surface area contributed by atoms with Crippen LogP contribution in [0.3, 0.4) is 0 Å². The largest absolute Gasteiger partial charge is 0.370 e. The number of H-pyrrole nitrogens is 1. The second kappa shape index (κ2) is 4.84. The van der Waals surface area contributed by atoms with E-state index >= 15 is 0 Å². The van der Waals surface area contributed by atoms with Crippen LogP contribution in [0.15, 0.2) is 24.3 Å². The molecule has 0 saturated carbocycles. The molecule has 18 heavy (non-hydrogen) atoms. The molecule has 0 atom stereocenters. The number of aldehydes is 1. The van der Waals surface area contributed by atoms with E-state index in [1.807, 2.05) is 24.3 Å². The summed E-state index contributed by atoms with van der Waals surface area (Å²) in [6.45, 7) is 7.44. The van der Waals surface area contributed by atoms with Crippen LogP contribution in [0.4, 0.5) is 5.82 Å². The summed E-state index contributed by atoms with van der Waals surface area (Å²) >= 11 is 0. The van der Waals surface area contributed by atoms with E-state index in [1.165, 1.54) is 0 Å². The molecule has 0 aliphatic carbocycles. The van der Waals surface area contributed by atoms with Crippen molar-refractivity contribution in [2.45, 2.75) is 27.2 Å². The van der Waals surface area contributed by atoms with Gasteiger partial charge in [-0.15, -0.1) is 0 Å². The predicted molar refractivity (Wildman–Crippen MR) is 76.2 cm³/mol. The average molecular weight is 244 g/mol. The molecular formula is C15H20N2O. The highest BCUT2D eigenvalue weighted by molar-refractivity contribution is 6.03. The third-order valence-electron chi connectivity index (χ3n) is 3.56. The minimum atomic E-state index is 0.220. The van der Waals surface area contributed by atoms with Gasteiger partial charge >= 0.3 is 0 Å². The van der Waals surface area contributed by atoms with Crippen LogP contribution in [0.5, 0.6) is 0 Å². The van der Waals surface area contributed by atoms with Crippen LogP contribution >= 0.6 is 0 Å². The van der Waals surface area contributed by atoms with Crippen molar-refractivity contribution in [3.8, 4) is 0 Å². The van der Waals surface area contributed by atoms with Gasteiger partial charge in [0.15, 0.2) is 6.29 Å². The summed E-state index contributed by atoms with van der Waals surface area (Å²) in [5, 5.41) is 4.33. The minimum Gasteiger partial charge on any atom is -0.370 e. The zero-order valence-corrected chi connectivity index (χ0v) is 11.2. The Kier molecular flexibility index (Phi) is 3.41. The molecule has 0 aliphatic rings. The Morgan fingerprint density at radius 1 is 1.33 bits per heavy atom. The average Bonchev–Trinajstić information content (AvgIpc) is 2.74. The Hall–Kier alpha value is -1.77. The topological polar surface area (TPSA) is 44.9 Å². The van der Waals surface area contributed by atoms with Gasteiger partial charge in [0.25, 0.3) is 0 Å². The quantitative estimate of drug-likeness (QED) is 0.785. The minimum absolute atomic E-state index is 0.220. The lowest BCUT2D eigenvalue weighted by Crippen LogP contribution is -2.22. The van der Waals surface area contributed by atoms with E-state index in [0.29, 0.717) is 0 Å². The molecule has 2 rings (SSSR count). The predicted octanol–water partition coefficient (Wildman–Crippen LogP) is 3.83. The van der Waals surface area contributed by atoms with Gasteiger partial charge in [0.2, 0.25) is 0 Å². The Balaban J connectivity index is 2.30. The van der Waals surface area contributed by atoms with Crippen LogP contribution in [-0.4, -0.2) is 17.8 Å². The smallest absolute Gasteiger partial charge is 0.154 e. The summed E-state index contributed by atoms with van der Waals surface area (Å²) in [6, 6.07) is 7.86. The molecule has 0 saturated heterocycles. The van der Waals surface area contributed by atoms with Gasteiger partial charge in [-0.1, -0.05) is 39.0 Å². The monoisotopic (exact) mass is 244 g/mol. The molecule has 96 valence electrons. The summed E-state index contributed by atoms with van der Waals surface area (Å²) in [4.78, 5) is 14.5. The Bertz CT molecular complexity index is 555. The summed E-state index contributed by atoms with van der Waals surface area (Å²) < 4.78 is 0. The van der Waals surface area contributed by atoms with Gasteiger partial charge < -0.3 is 10.3 Å². The highest BCUT2D eigenvalue weighted by Crippen LogP contribution is 2.26. The summed E-state index contributed by atoms with van der Waals surface area (Å²) in [7, 11) is 0. The number of fused-ring (bicyclic) bond motifs is 1. The van der Waals surface area contributed by atoms with Gasteiger partial charge in [-0.25, -0.2) is 0 Å². The van der Waals surface area contributed by atoms with Gasteiger partial charge in [-0.05, 0) is 17.9 Å². The van der Waals surface area contributed by atoms with Crippen molar-refractivity contribution >= 4 is 23.0 Å². The van der Waals surface area contributed by atoms with Crippen molar-refractivity contribution in [2.75, 3.05) is 11.9 Å². The molecule has 0 aliphatic heterocycles. The molecule has 1 aromatic heterocycles. The molecule has 1 aromatic carbocycles. The van der Waals surface area contributed by atoms with Crippen LogP contribution in [0.1, 0.15) is 37.6 Å². The number of aromatic amines is 1. The van der Waals surface area contributed by atoms with Crippen LogP contribution in [0.2, 0.25) is 0 Å². The number of para-hydroxylation sites is 1. The first-order valence-electron chi connectivity index (χ1n) is 6.37. The van der Waals surface area contributed by atoms with Gasteiger partial charge in [0, 0.05) is 17.4 Å². The zero-order valence-electron chi connectivity index (χ0n) is 11.2. The van der Waals surface area contributed by atoms with Crippen LogP contribution in [0.25, 0.3) is 10.9 Å². The molecule has 3 nitrogen and oxygen atoms in total. The number of aromatic nitrogens is 1. The van der Waals surface area contributed by atoms with E-state index in [0.717, 1.165) is 41.5 Å². The second-order valence-electron chi connectivity index (χ2n) is 5.45. The Labute approximate surface area is 108 Å². The van der Waals surface area contributed by atoms with Crippen molar-refractivity contribution in [2.24, 2.45) is 5.41 Å². The fourth-order valence-electron chi connectivity index (χ4n) is 1.88. The van der Waals surface area contributed by atoms with Crippen LogP contribution in [-0.2, 0) is 0 Å². The maximum atomic E-state index is 11.2. The number of nitrogens with one attached hydrogen (secondary N) is 2. The lowest BCUT2D eigenvalue weighted by molar-refractivity contribution is 0.112. The molecule has 0 amide bonds. The molecule has 2 N–H and O–H groups in total. The lowest BCUT2D eigenvalue weighted by Gasteiger charge is -2.23. The highest BCUT2D eigenvalue weighted by atomic mass is 16.1. The van der Waals surface area contributed by atoms with E-state index in [9.17, 15) is 4.79 Å². The first-order chi connectivity index (χ1) is 8.57. The molecule has 0 radical (unpaired) electrons. The van der Waals surface area contributed by atoms with E-state index in [4.69, 9.17) is 0 Å². The summed E-state index contributed by atoms with van der Waals surface area (Å²) in [5.74, 6) is 0.827. The first-order valence-corrected chi connectivity index (χ1v) is 6.37. The van der Waals surface area contributed by atoms with Crippen molar-refractivity contribution in [3.05, 3.63) is 29.8 Å². The normalized spacial score (nSPS) is 11.7. The third-order valence-corrected chi connectivity index (χ3v) is 3.56. The fraction of sp³-hybridized carbons (Fsp3) is 0.400. The number of carbonyl (C=O) groups excluding carboxylic acids is 1. The van der Waals surface area contributed by atoms with E-state index in [2.05, 4.69) is 31.1 Å². The number of hydrogen-bond acceptors (Lipinski definition) is 2. The molecule has 0 spiro atoms. The standard InChI is InChI=1S/C15H20N2O/c1-4-15(2,3)10-16-14-12(9-18)11-7-5-6-8-13(11)17-14/h5-9,16-17H,4,10H2,1-3H3. The van der Waals surface area contributed by atoms with E-state index in [1.54, 1.807) is 0 Å². The molecule has 0 unspecified atom stereocenters. The first kappa shape index (κ1) is 12.7. The number of anilines is 1. The maximum Gasteiger partial charge on any atom is 0.154 e. The number of carbonyl (C=O) groups is 1. The second-order valence-corrected chi connectivity index (χ2v) is 5.45. The van der Waals surface area contributed by atoms with Crippen LogP contribution < -0.4 is 5.32 Å². The fourth-order valence-corrected chi connectivity index (χ4v) is 1.88. The van der Waals surface area contributed by atoms with E-state index < -0.39 is 0 Å². The lowest BCUT2D eigenvalue weighted by atomic mass is 9.90. The number of benzene rings is 1. The van der Waals surface area contributed by atoms with Crippen molar-refractivity contribution < 1.29 is 4.79 Å². The van der Waals surface area contributed by atoms with Gasteiger partial charge in [-0.2, -0.15) is 0 Å². The van der Waals surface area contributed by atoms with Gasteiger partial charge in [0.05, 0.1) is 5.56 Å². The molecular weight excluding hydrogens is 224 g/mol.